The third-order valence-electron chi connectivity index (χ3n) is 6.35. The van der Waals surface area contributed by atoms with Gasteiger partial charge in [0.2, 0.25) is 5.88 Å². The molecular weight excluding hydrogens is 595 g/mol. The van der Waals surface area contributed by atoms with E-state index in [4.69, 9.17) is 14.5 Å². The fourth-order valence-electron chi connectivity index (χ4n) is 4.73. The molecule has 1 aromatic heterocycles. The third-order valence-corrected chi connectivity index (χ3v) is 6.35. The van der Waals surface area contributed by atoms with E-state index in [2.05, 4.69) is 49.2 Å². The Kier molecular flexibility index (Phi) is 5.25. The maximum Gasteiger partial charge on any atom is 0.217 e. The number of phenolic OH excluding ortho intramolecular Hbond substituents is 1. The Morgan fingerprint density at radius 1 is 0.970 bits per heavy atom. The number of hydrogen-bond donors (Lipinski definition) is 1. The van der Waals surface area contributed by atoms with E-state index in [1.165, 1.54) is 11.1 Å². The van der Waals surface area contributed by atoms with Crippen LogP contribution in [-0.4, -0.2) is 22.1 Å². The first kappa shape index (κ1) is 21.7. The topological polar surface area (TPSA) is 63.9 Å². The van der Waals surface area contributed by atoms with Crippen LogP contribution in [0.3, 0.4) is 0 Å². The van der Waals surface area contributed by atoms with E-state index in [0.717, 1.165) is 10.9 Å². The quantitative estimate of drug-likeness (QED) is 0.300. The van der Waals surface area contributed by atoms with E-state index in [0.29, 0.717) is 23.0 Å². The second kappa shape index (κ2) is 8.00. The molecule has 0 unspecified atom stereocenters. The number of fused-ring (bicyclic) bond motifs is 4. The van der Waals surface area contributed by atoms with Gasteiger partial charge in [-0.3, -0.25) is 4.99 Å². The predicted molar refractivity (Wildman–Crippen MR) is 122 cm³/mol. The SMILES string of the molecule is CC1(C)c2ccccc2[C@@H]2N=C(c3[c-]c(Oc4ccc5cccc(O)c5n4)ccc3)O[C@H]21.[Pt]. The zero-order valence-electron chi connectivity index (χ0n) is 18.1. The summed E-state index contributed by atoms with van der Waals surface area (Å²) in [6.07, 6.45) is -0.0435. The van der Waals surface area contributed by atoms with Crippen LogP contribution < -0.4 is 4.74 Å². The second-order valence-electron chi connectivity index (χ2n) is 8.76. The Morgan fingerprint density at radius 3 is 2.67 bits per heavy atom. The summed E-state index contributed by atoms with van der Waals surface area (Å²) in [7, 11) is 0. The van der Waals surface area contributed by atoms with Gasteiger partial charge in [-0.1, -0.05) is 61.9 Å². The number of aromatic nitrogens is 1. The molecule has 0 fully saturated rings. The number of para-hydroxylation sites is 1. The first-order chi connectivity index (χ1) is 15.5. The molecule has 5 nitrogen and oxygen atoms in total. The van der Waals surface area contributed by atoms with Crippen molar-refractivity contribution in [2.24, 2.45) is 4.99 Å². The van der Waals surface area contributed by atoms with Crippen molar-refractivity contribution in [3.8, 4) is 17.4 Å². The number of phenols is 1. The van der Waals surface area contributed by atoms with E-state index in [9.17, 15) is 5.11 Å². The number of hydrogen-bond acceptors (Lipinski definition) is 5. The normalized spacial score (nSPS) is 19.8. The van der Waals surface area contributed by atoms with Crippen LogP contribution in [0.5, 0.6) is 17.4 Å². The summed E-state index contributed by atoms with van der Waals surface area (Å²) >= 11 is 0. The van der Waals surface area contributed by atoms with Crippen molar-refractivity contribution in [2.75, 3.05) is 0 Å². The number of nitrogens with zero attached hydrogens (tertiary/aromatic N) is 2. The Balaban J connectivity index is 0.00000228. The first-order valence-electron chi connectivity index (χ1n) is 10.6. The molecule has 168 valence electrons. The van der Waals surface area contributed by atoms with Gasteiger partial charge in [0.25, 0.3) is 0 Å². The number of benzene rings is 3. The van der Waals surface area contributed by atoms with Crippen molar-refractivity contribution in [3.05, 3.63) is 95.6 Å². The van der Waals surface area contributed by atoms with E-state index >= 15 is 0 Å². The van der Waals surface area contributed by atoms with E-state index in [1.54, 1.807) is 18.2 Å². The molecular formula is C27H21N2O3Pt-. The van der Waals surface area contributed by atoms with Gasteiger partial charge in [0.15, 0.2) is 0 Å². The summed E-state index contributed by atoms with van der Waals surface area (Å²) in [5, 5.41) is 10.9. The molecule has 33 heavy (non-hydrogen) atoms. The summed E-state index contributed by atoms with van der Waals surface area (Å²) in [6.45, 7) is 4.41. The van der Waals surface area contributed by atoms with Crippen molar-refractivity contribution >= 4 is 16.8 Å². The summed E-state index contributed by atoms with van der Waals surface area (Å²) < 4.78 is 12.3. The van der Waals surface area contributed by atoms with Crippen LogP contribution in [0.1, 0.15) is 36.6 Å². The molecule has 6 rings (SSSR count). The Hall–Kier alpha value is -3.17. The standard InChI is InChI=1S/C27H21N2O3.Pt/c1-27(2)20-11-4-3-10-19(20)24-25(27)32-26(29-24)17-8-5-9-18(15-17)31-22-14-13-16-7-6-12-21(30)23(16)28-22;/h3-14,24-25,30H,1-2H3;/q-1;/t24-,25+;/m0./s1. The van der Waals surface area contributed by atoms with Crippen molar-refractivity contribution in [3.63, 3.8) is 0 Å². The predicted octanol–water partition coefficient (Wildman–Crippen LogP) is 5.71. The van der Waals surface area contributed by atoms with Crippen molar-refractivity contribution in [1.29, 1.82) is 0 Å². The summed E-state index contributed by atoms with van der Waals surface area (Å²) in [5.74, 6) is 1.59. The van der Waals surface area contributed by atoms with Crippen molar-refractivity contribution < 1.29 is 35.6 Å². The minimum Gasteiger partial charge on any atom is -0.513 e. The van der Waals surface area contributed by atoms with E-state index in [-0.39, 0.29) is 44.4 Å². The molecule has 3 aromatic carbocycles. The Labute approximate surface area is 206 Å². The number of aromatic hydroxyl groups is 1. The summed E-state index contributed by atoms with van der Waals surface area (Å²) in [4.78, 5) is 9.35. The largest absolute Gasteiger partial charge is 0.513 e. The fraction of sp³-hybridized carbons (Fsp3) is 0.185. The van der Waals surface area contributed by atoms with Gasteiger partial charge in [0.1, 0.15) is 29.3 Å². The molecule has 0 radical (unpaired) electrons. The van der Waals surface area contributed by atoms with Crippen LogP contribution in [-0.2, 0) is 31.2 Å². The van der Waals surface area contributed by atoms with Crippen LogP contribution >= 0.6 is 0 Å². The van der Waals surface area contributed by atoms with Crippen LogP contribution in [0.15, 0.2) is 77.8 Å². The number of rotatable bonds is 3. The maximum atomic E-state index is 10.1. The summed E-state index contributed by atoms with van der Waals surface area (Å²) in [6, 6.07) is 26.2. The van der Waals surface area contributed by atoms with Crippen molar-refractivity contribution in [2.45, 2.75) is 31.4 Å². The van der Waals surface area contributed by atoms with Gasteiger partial charge in [-0.15, -0.1) is 18.2 Å². The second-order valence-corrected chi connectivity index (χ2v) is 8.76. The molecule has 2 heterocycles. The van der Waals surface area contributed by atoms with Gasteiger partial charge in [0.05, 0.1) is 0 Å². The molecule has 2 aliphatic rings. The molecule has 6 heteroatoms. The molecule has 1 N–H and O–H groups in total. The van der Waals surface area contributed by atoms with Gasteiger partial charge in [-0.05, 0) is 23.3 Å². The monoisotopic (exact) mass is 616 g/mol. The minimum atomic E-state index is -0.127. The average molecular weight is 617 g/mol. The number of aliphatic imine (C=N–C) groups is 1. The van der Waals surface area contributed by atoms with E-state index in [1.807, 2.05) is 30.3 Å². The van der Waals surface area contributed by atoms with Crippen LogP contribution in [0.25, 0.3) is 10.9 Å². The first-order valence-corrected chi connectivity index (χ1v) is 10.6. The molecule has 1 aliphatic heterocycles. The maximum absolute atomic E-state index is 10.1. The smallest absolute Gasteiger partial charge is 0.217 e. The van der Waals surface area contributed by atoms with Crippen molar-refractivity contribution in [1.82, 2.24) is 4.98 Å². The molecule has 1 aliphatic carbocycles. The van der Waals surface area contributed by atoms with Crippen LogP contribution in [0.2, 0.25) is 0 Å². The van der Waals surface area contributed by atoms with Gasteiger partial charge in [0, 0.05) is 43.7 Å². The van der Waals surface area contributed by atoms with Crippen LogP contribution in [0, 0.1) is 6.07 Å². The summed E-state index contributed by atoms with van der Waals surface area (Å²) in [5.41, 5.74) is 3.64. The number of ether oxygens (including phenoxy) is 2. The molecule has 0 saturated carbocycles. The average Bonchev–Trinajstić information content (AvgIpc) is 3.34. The van der Waals surface area contributed by atoms with Gasteiger partial charge >= 0.3 is 0 Å². The Bertz CT molecular complexity index is 1400. The number of pyridine rings is 1. The zero-order chi connectivity index (χ0) is 21.9. The fourth-order valence-corrected chi connectivity index (χ4v) is 4.73. The molecule has 0 saturated heterocycles. The molecule has 0 bridgehead atoms. The Morgan fingerprint density at radius 2 is 1.79 bits per heavy atom. The molecule has 0 amide bonds. The molecule has 4 aromatic rings. The van der Waals surface area contributed by atoms with Gasteiger partial charge in [-0.2, -0.15) is 0 Å². The zero-order valence-corrected chi connectivity index (χ0v) is 20.3. The van der Waals surface area contributed by atoms with E-state index < -0.39 is 0 Å². The molecule has 2 atom stereocenters. The van der Waals surface area contributed by atoms with Crippen LogP contribution in [0.4, 0.5) is 0 Å². The van der Waals surface area contributed by atoms with Gasteiger partial charge < -0.3 is 14.6 Å². The minimum absolute atomic E-state index is 0. The van der Waals surface area contributed by atoms with Gasteiger partial charge in [-0.25, -0.2) is 4.98 Å². The third kappa shape index (κ3) is 3.52. The molecule has 0 spiro atoms.